The lowest BCUT2D eigenvalue weighted by Gasteiger charge is -2.10. The van der Waals surface area contributed by atoms with Gasteiger partial charge in [-0.3, -0.25) is 0 Å². The maximum Gasteiger partial charge on any atom is 0.315 e. The molecule has 2 N–H and O–H groups in total. The summed E-state index contributed by atoms with van der Waals surface area (Å²) in [7, 11) is 0. The van der Waals surface area contributed by atoms with Crippen molar-refractivity contribution in [2.75, 3.05) is 0 Å². The number of urea groups is 1. The number of nitrogens with one attached hydrogen (secondary N) is 2. The van der Waals surface area contributed by atoms with Crippen molar-refractivity contribution in [3.8, 4) is 0 Å². The quantitative estimate of drug-likeness (QED) is 0.299. The van der Waals surface area contributed by atoms with Gasteiger partial charge in [0.2, 0.25) is 0 Å². The highest BCUT2D eigenvalue weighted by Crippen LogP contribution is 2.11. The van der Waals surface area contributed by atoms with Gasteiger partial charge in [-0.05, 0) is 46.5 Å². The molecule has 0 unspecified atom stereocenters. The van der Waals surface area contributed by atoms with Gasteiger partial charge in [-0.15, -0.1) is 0 Å². The molecular weight excluding hydrogens is 432 g/mol. The van der Waals surface area contributed by atoms with E-state index in [1.165, 1.54) is 0 Å². The molecule has 0 spiro atoms. The van der Waals surface area contributed by atoms with E-state index in [4.69, 9.17) is 18.3 Å². The van der Waals surface area contributed by atoms with E-state index >= 15 is 0 Å². The molecule has 34 heavy (non-hydrogen) atoms. The SMILES string of the molecule is O=C(NCc1cccc(COCc2ccco2)c1)NCc1cccc(COCc2ccco2)c1. The summed E-state index contributed by atoms with van der Waals surface area (Å²) >= 11 is 0. The monoisotopic (exact) mass is 460 g/mol. The summed E-state index contributed by atoms with van der Waals surface area (Å²) < 4.78 is 21.9. The molecule has 0 aliphatic carbocycles. The molecular formula is C27H28N2O5. The molecule has 2 aromatic heterocycles. The van der Waals surface area contributed by atoms with Crippen molar-refractivity contribution in [3.05, 3.63) is 119 Å². The summed E-state index contributed by atoms with van der Waals surface area (Å²) in [5.74, 6) is 1.59. The Labute approximate surface area is 198 Å². The highest BCUT2D eigenvalue weighted by Gasteiger charge is 2.04. The van der Waals surface area contributed by atoms with Crippen molar-refractivity contribution in [1.29, 1.82) is 0 Å². The Balaban J connectivity index is 1.16. The van der Waals surface area contributed by atoms with Gasteiger partial charge in [0.05, 0.1) is 25.7 Å². The Bertz CT molecular complexity index is 1050. The van der Waals surface area contributed by atoms with Crippen LogP contribution in [0, 0.1) is 0 Å². The first-order chi connectivity index (χ1) is 16.7. The van der Waals surface area contributed by atoms with Crippen LogP contribution in [0.2, 0.25) is 0 Å². The fraction of sp³-hybridized carbons (Fsp3) is 0.222. The minimum Gasteiger partial charge on any atom is -0.467 e. The molecule has 7 heteroatoms. The van der Waals surface area contributed by atoms with E-state index in [0.29, 0.717) is 39.5 Å². The van der Waals surface area contributed by atoms with Gasteiger partial charge in [-0.2, -0.15) is 0 Å². The van der Waals surface area contributed by atoms with E-state index in [0.717, 1.165) is 33.8 Å². The van der Waals surface area contributed by atoms with Crippen LogP contribution in [0.25, 0.3) is 0 Å². The number of hydrogen-bond acceptors (Lipinski definition) is 5. The predicted octanol–water partition coefficient (Wildman–Crippen LogP) is 5.31. The second-order valence-corrected chi connectivity index (χ2v) is 7.82. The van der Waals surface area contributed by atoms with Gasteiger partial charge < -0.3 is 28.9 Å². The van der Waals surface area contributed by atoms with Crippen LogP contribution in [-0.2, 0) is 49.0 Å². The number of hydrogen-bond donors (Lipinski definition) is 2. The van der Waals surface area contributed by atoms with Crippen molar-refractivity contribution < 1.29 is 23.1 Å². The lowest BCUT2D eigenvalue weighted by Crippen LogP contribution is -2.34. The summed E-state index contributed by atoms with van der Waals surface area (Å²) in [5.41, 5.74) is 4.09. The zero-order valence-electron chi connectivity index (χ0n) is 18.9. The fourth-order valence-electron chi connectivity index (χ4n) is 3.41. The first-order valence-electron chi connectivity index (χ1n) is 11.1. The van der Waals surface area contributed by atoms with Gasteiger partial charge in [0, 0.05) is 13.1 Å². The van der Waals surface area contributed by atoms with Gasteiger partial charge in [0.1, 0.15) is 24.7 Å². The molecule has 0 saturated heterocycles. The summed E-state index contributed by atoms with van der Waals surface area (Å²) in [4.78, 5) is 12.3. The minimum atomic E-state index is -0.223. The van der Waals surface area contributed by atoms with Crippen LogP contribution in [0.4, 0.5) is 4.79 Å². The Morgan fingerprint density at radius 3 is 1.53 bits per heavy atom. The third-order valence-electron chi connectivity index (χ3n) is 5.08. The minimum absolute atomic E-state index is 0.223. The van der Waals surface area contributed by atoms with Crippen LogP contribution >= 0.6 is 0 Å². The number of carbonyl (C=O) groups is 1. The second kappa shape index (κ2) is 12.4. The van der Waals surface area contributed by atoms with Gasteiger partial charge in [-0.25, -0.2) is 4.79 Å². The number of benzene rings is 2. The van der Waals surface area contributed by atoms with E-state index in [1.54, 1.807) is 12.5 Å². The molecule has 0 fully saturated rings. The number of furan rings is 2. The Hall–Kier alpha value is -3.81. The normalized spacial score (nSPS) is 10.8. The van der Waals surface area contributed by atoms with Crippen LogP contribution in [0.5, 0.6) is 0 Å². The average Bonchev–Trinajstić information content (AvgIpc) is 3.57. The van der Waals surface area contributed by atoms with Crippen molar-refractivity contribution in [2.24, 2.45) is 0 Å². The maximum atomic E-state index is 12.3. The lowest BCUT2D eigenvalue weighted by atomic mass is 10.1. The standard InChI is InChI=1S/C27H28N2O5/c30-27(28-15-21-5-1-7-23(13-21)17-31-19-25-9-3-11-33-25)29-16-22-6-2-8-24(14-22)18-32-20-26-10-4-12-34-26/h1-14H,15-20H2,(H2,28,29,30). The number of ether oxygens (including phenoxy) is 2. The second-order valence-electron chi connectivity index (χ2n) is 7.82. The van der Waals surface area contributed by atoms with Gasteiger partial charge in [-0.1, -0.05) is 48.5 Å². The van der Waals surface area contributed by atoms with Crippen LogP contribution in [0.1, 0.15) is 33.8 Å². The summed E-state index contributed by atoms with van der Waals surface area (Å²) in [5, 5.41) is 5.80. The summed E-state index contributed by atoms with van der Waals surface area (Å²) in [6.07, 6.45) is 3.26. The first kappa shape index (κ1) is 23.4. The molecule has 7 nitrogen and oxygen atoms in total. The van der Waals surface area contributed by atoms with E-state index in [9.17, 15) is 4.79 Å². The number of carbonyl (C=O) groups excluding carboxylic acids is 1. The molecule has 2 aromatic carbocycles. The van der Waals surface area contributed by atoms with Gasteiger partial charge in [0.25, 0.3) is 0 Å². The van der Waals surface area contributed by atoms with E-state index in [2.05, 4.69) is 10.6 Å². The number of amides is 2. The molecule has 0 radical (unpaired) electrons. The molecule has 0 bridgehead atoms. The number of rotatable bonds is 12. The molecule has 0 atom stereocenters. The van der Waals surface area contributed by atoms with Crippen LogP contribution in [-0.4, -0.2) is 6.03 Å². The van der Waals surface area contributed by atoms with E-state index in [1.807, 2.05) is 72.8 Å². The third-order valence-corrected chi connectivity index (χ3v) is 5.08. The van der Waals surface area contributed by atoms with Crippen LogP contribution in [0.15, 0.2) is 94.2 Å². The highest BCUT2D eigenvalue weighted by molar-refractivity contribution is 5.73. The predicted molar refractivity (Wildman–Crippen MR) is 126 cm³/mol. The highest BCUT2D eigenvalue weighted by atomic mass is 16.5. The maximum absolute atomic E-state index is 12.3. The Morgan fingerprint density at radius 1 is 0.618 bits per heavy atom. The molecule has 4 aromatic rings. The van der Waals surface area contributed by atoms with E-state index in [-0.39, 0.29) is 6.03 Å². The first-order valence-corrected chi connectivity index (χ1v) is 11.1. The van der Waals surface area contributed by atoms with Crippen LogP contribution < -0.4 is 10.6 Å². The van der Waals surface area contributed by atoms with Gasteiger partial charge >= 0.3 is 6.03 Å². The zero-order chi connectivity index (χ0) is 23.4. The topological polar surface area (TPSA) is 85.9 Å². The zero-order valence-corrected chi connectivity index (χ0v) is 18.9. The third kappa shape index (κ3) is 7.65. The lowest BCUT2D eigenvalue weighted by molar-refractivity contribution is 0.0929. The Morgan fingerprint density at radius 2 is 1.09 bits per heavy atom. The molecule has 2 amide bonds. The average molecular weight is 461 g/mol. The Kier molecular flexibility index (Phi) is 8.54. The van der Waals surface area contributed by atoms with E-state index < -0.39 is 0 Å². The largest absolute Gasteiger partial charge is 0.467 e. The molecule has 0 aliphatic heterocycles. The van der Waals surface area contributed by atoms with Crippen molar-refractivity contribution >= 4 is 6.03 Å². The molecule has 4 rings (SSSR count). The molecule has 176 valence electrons. The summed E-state index contributed by atoms with van der Waals surface area (Å²) in [6.45, 7) is 2.66. The molecule has 2 heterocycles. The summed E-state index contributed by atoms with van der Waals surface area (Å²) in [6, 6.07) is 23.1. The van der Waals surface area contributed by atoms with Crippen molar-refractivity contribution in [2.45, 2.75) is 39.5 Å². The van der Waals surface area contributed by atoms with Crippen LogP contribution in [0.3, 0.4) is 0 Å². The van der Waals surface area contributed by atoms with Crippen molar-refractivity contribution in [3.63, 3.8) is 0 Å². The van der Waals surface area contributed by atoms with Crippen molar-refractivity contribution in [1.82, 2.24) is 10.6 Å². The fourth-order valence-corrected chi connectivity index (χ4v) is 3.41. The molecule has 0 aliphatic rings. The molecule has 0 saturated carbocycles. The smallest absolute Gasteiger partial charge is 0.315 e. The van der Waals surface area contributed by atoms with Gasteiger partial charge in [0.15, 0.2) is 0 Å².